The van der Waals surface area contributed by atoms with E-state index in [9.17, 15) is 14.4 Å². The fourth-order valence-corrected chi connectivity index (χ4v) is 2.78. The predicted molar refractivity (Wildman–Crippen MR) is 91.0 cm³/mol. The summed E-state index contributed by atoms with van der Waals surface area (Å²) < 4.78 is 4.58. The van der Waals surface area contributed by atoms with Crippen LogP contribution in [0.1, 0.15) is 23.2 Å². The van der Waals surface area contributed by atoms with Crippen molar-refractivity contribution in [2.45, 2.75) is 12.8 Å². The first-order valence-corrected chi connectivity index (χ1v) is 8.32. The number of hydrogen-bond acceptors (Lipinski definition) is 6. The highest BCUT2D eigenvalue weighted by atomic mass is 16.5. The average molecular weight is 357 g/mol. The van der Waals surface area contributed by atoms with Gasteiger partial charge in [0.05, 0.1) is 0 Å². The molecule has 1 fully saturated rings. The minimum atomic E-state index is -0.788. The Balaban J connectivity index is 1.40. The van der Waals surface area contributed by atoms with Gasteiger partial charge in [0.2, 0.25) is 0 Å². The molecule has 2 N–H and O–H groups in total. The molecule has 2 aromatic rings. The molecule has 0 atom stereocenters. The number of anilines is 1. The summed E-state index contributed by atoms with van der Waals surface area (Å²) in [7, 11) is 0. The molecular weight excluding hydrogens is 338 g/mol. The number of hydrogen-bond donors (Lipinski definition) is 2. The molecule has 1 saturated heterocycles. The van der Waals surface area contributed by atoms with Gasteiger partial charge in [0.15, 0.2) is 5.82 Å². The zero-order valence-electron chi connectivity index (χ0n) is 14.1. The maximum absolute atomic E-state index is 12.4. The van der Waals surface area contributed by atoms with Gasteiger partial charge < -0.3 is 14.7 Å². The molecule has 0 radical (unpaired) electrons. The summed E-state index contributed by atoms with van der Waals surface area (Å²) in [5.74, 6) is -1.11. The van der Waals surface area contributed by atoms with E-state index in [1.54, 1.807) is 29.4 Å². The molecule has 26 heavy (non-hydrogen) atoms. The summed E-state index contributed by atoms with van der Waals surface area (Å²) >= 11 is 0. The van der Waals surface area contributed by atoms with E-state index >= 15 is 0 Å². The maximum Gasteiger partial charge on any atom is 0.314 e. The Labute approximate surface area is 149 Å². The minimum absolute atomic E-state index is 0.0122. The van der Waals surface area contributed by atoms with Crippen LogP contribution in [0.2, 0.25) is 0 Å². The lowest BCUT2D eigenvalue weighted by Gasteiger charge is -2.32. The Morgan fingerprint density at radius 1 is 1.12 bits per heavy atom. The molecule has 3 rings (SSSR count). The third kappa shape index (κ3) is 4.44. The van der Waals surface area contributed by atoms with Crippen LogP contribution in [0.3, 0.4) is 0 Å². The highest BCUT2D eigenvalue weighted by Gasteiger charge is 2.24. The molecule has 0 aliphatic carbocycles. The molecular formula is C17H19N5O4. The first-order chi connectivity index (χ1) is 12.6. The molecule has 9 heteroatoms. The van der Waals surface area contributed by atoms with Crippen molar-refractivity contribution in [2.24, 2.45) is 5.92 Å². The van der Waals surface area contributed by atoms with Gasteiger partial charge in [-0.05, 0) is 30.9 Å². The number of piperidine rings is 1. The molecule has 3 heterocycles. The molecule has 0 saturated carbocycles. The van der Waals surface area contributed by atoms with Gasteiger partial charge in [-0.3, -0.25) is 24.7 Å². The van der Waals surface area contributed by atoms with E-state index in [2.05, 4.69) is 25.3 Å². The van der Waals surface area contributed by atoms with E-state index < -0.39 is 11.8 Å². The van der Waals surface area contributed by atoms with Gasteiger partial charge in [0.25, 0.3) is 5.91 Å². The van der Waals surface area contributed by atoms with Crippen molar-refractivity contribution in [2.75, 3.05) is 25.0 Å². The van der Waals surface area contributed by atoms with E-state index in [0.717, 1.165) is 12.8 Å². The molecule has 0 bridgehead atoms. The quantitative estimate of drug-likeness (QED) is 0.777. The van der Waals surface area contributed by atoms with E-state index in [-0.39, 0.29) is 17.6 Å². The van der Waals surface area contributed by atoms with Crippen LogP contribution in [0, 0.1) is 5.92 Å². The highest BCUT2D eigenvalue weighted by molar-refractivity contribution is 6.39. The lowest BCUT2D eigenvalue weighted by molar-refractivity contribution is -0.136. The molecule has 2 aromatic heterocycles. The summed E-state index contributed by atoms with van der Waals surface area (Å²) in [5, 5.41) is 8.47. The molecule has 1 aliphatic heterocycles. The topological polar surface area (TPSA) is 117 Å². The summed E-state index contributed by atoms with van der Waals surface area (Å²) in [6.45, 7) is 1.63. The Kier molecular flexibility index (Phi) is 5.57. The van der Waals surface area contributed by atoms with Gasteiger partial charge in [0, 0.05) is 43.7 Å². The summed E-state index contributed by atoms with van der Waals surface area (Å²) in [6, 6.07) is 4.84. The number of carbonyl (C=O) groups is 3. The smallest absolute Gasteiger partial charge is 0.314 e. The van der Waals surface area contributed by atoms with Gasteiger partial charge in [-0.2, -0.15) is 0 Å². The van der Waals surface area contributed by atoms with Gasteiger partial charge >= 0.3 is 11.8 Å². The zero-order valence-corrected chi connectivity index (χ0v) is 14.1. The maximum atomic E-state index is 12.4. The standard InChI is InChI=1S/C17H19N5O4/c23-15(16(24)20-14-5-10-26-21-14)19-11-12-3-8-22(9-4-12)17(25)13-1-6-18-7-2-13/h1-2,5-7,10,12H,3-4,8-9,11H2,(H,19,23)(H,20,21,24). The van der Waals surface area contributed by atoms with Crippen molar-refractivity contribution in [3.8, 4) is 0 Å². The molecule has 0 aromatic carbocycles. The van der Waals surface area contributed by atoms with Crippen LogP contribution in [0.15, 0.2) is 41.4 Å². The van der Waals surface area contributed by atoms with E-state index in [1.807, 2.05) is 0 Å². The Bertz CT molecular complexity index is 755. The summed E-state index contributed by atoms with van der Waals surface area (Å²) in [5.41, 5.74) is 0.622. The van der Waals surface area contributed by atoms with Gasteiger partial charge in [-0.15, -0.1) is 0 Å². The Morgan fingerprint density at radius 2 is 1.85 bits per heavy atom. The third-order valence-electron chi connectivity index (χ3n) is 4.27. The van der Waals surface area contributed by atoms with Crippen molar-refractivity contribution < 1.29 is 18.9 Å². The number of nitrogens with zero attached hydrogens (tertiary/aromatic N) is 3. The third-order valence-corrected chi connectivity index (χ3v) is 4.27. The van der Waals surface area contributed by atoms with Crippen molar-refractivity contribution in [1.29, 1.82) is 0 Å². The monoisotopic (exact) mass is 357 g/mol. The van der Waals surface area contributed by atoms with Crippen LogP contribution in [0.25, 0.3) is 0 Å². The number of amides is 3. The second kappa shape index (κ2) is 8.24. The Morgan fingerprint density at radius 3 is 2.50 bits per heavy atom. The number of rotatable bonds is 4. The van der Waals surface area contributed by atoms with E-state index in [0.29, 0.717) is 25.2 Å². The van der Waals surface area contributed by atoms with Crippen molar-refractivity contribution in [3.05, 3.63) is 42.4 Å². The van der Waals surface area contributed by atoms with Crippen LogP contribution in [-0.4, -0.2) is 52.4 Å². The van der Waals surface area contributed by atoms with Gasteiger partial charge in [-0.25, -0.2) is 0 Å². The summed E-state index contributed by atoms with van der Waals surface area (Å²) in [6.07, 6.45) is 6.03. The first-order valence-electron chi connectivity index (χ1n) is 8.32. The van der Waals surface area contributed by atoms with E-state index in [4.69, 9.17) is 0 Å². The highest BCUT2D eigenvalue weighted by Crippen LogP contribution is 2.18. The van der Waals surface area contributed by atoms with Crippen LogP contribution in [-0.2, 0) is 9.59 Å². The average Bonchev–Trinajstić information content (AvgIpc) is 3.19. The van der Waals surface area contributed by atoms with Gasteiger partial charge in [0.1, 0.15) is 6.26 Å². The number of likely N-dealkylation sites (tertiary alicyclic amines) is 1. The van der Waals surface area contributed by atoms with Crippen molar-refractivity contribution >= 4 is 23.5 Å². The molecule has 3 amide bonds. The van der Waals surface area contributed by atoms with Crippen LogP contribution < -0.4 is 10.6 Å². The largest absolute Gasteiger partial charge is 0.363 e. The molecule has 0 unspecified atom stereocenters. The SMILES string of the molecule is O=C(NCC1CCN(C(=O)c2ccncc2)CC1)C(=O)Nc1ccon1. The van der Waals surface area contributed by atoms with Crippen molar-refractivity contribution in [1.82, 2.24) is 20.4 Å². The number of aromatic nitrogens is 2. The molecule has 0 spiro atoms. The fourth-order valence-electron chi connectivity index (χ4n) is 2.78. The van der Waals surface area contributed by atoms with E-state index in [1.165, 1.54) is 12.3 Å². The lowest BCUT2D eigenvalue weighted by atomic mass is 9.96. The van der Waals surface area contributed by atoms with Crippen LogP contribution in [0.4, 0.5) is 5.82 Å². The van der Waals surface area contributed by atoms with Gasteiger partial charge in [-0.1, -0.05) is 5.16 Å². The zero-order chi connectivity index (χ0) is 18.4. The lowest BCUT2D eigenvalue weighted by Crippen LogP contribution is -2.43. The normalized spacial score (nSPS) is 14.7. The number of pyridine rings is 1. The Hall–Kier alpha value is -3.23. The van der Waals surface area contributed by atoms with Crippen molar-refractivity contribution in [3.63, 3.8) is 0 Å². The second-order valence-electron chi connectivity index (χ2n) is 6.02. The predicted octanol–water partition coefficient (Wildman–Crippen LogP) is 0.677. The number of nitrogens with one attached hydrogen (secondary N) is 2. The minimum Gasteiger partial charge on any atom is -0.363 e. The molecule has 9 nitrogen and oxygen atoms in total. The van der Waals surface area contributed by atoms with Crippen LogP contribution >= 0.6 is 0 Å². The fraction of sp³-hybridized carbons (Fsp3) is 0.353. The second-order valence-corrected chi connectivity index (χ2v) is 6.02. The number of carbonyl (C=O) groups excluding carboxylic acids is 3. The first kappa shape index (κ1) is 17.6. The molecule has 136 valence electrons. The van der Waals surface area contributed by atoms with Crippen LogP contribution in [0.5, 0.6) is 0 Å². The molecule has 1 aliphatic rings. The summed E-state index contributed by atoms with van der Waals surface area (Å²) in [4.78, 5) is 41.6.